The molecule has 2 aromatic rings. The van der Waals surface area contributed by atoms with E-state index in [9.17, 15) is 15.2 Å². The summed E-state index contributed by atoms with van der Waals surface area (Å²) in [6, 6.07) is 6.23. The van der Waals surface area contributed by atoms with E-state index < -0.39 is 0 Å². The average molecular weight is 475 g/mol. The SMILES string of the molecule is C=Cc1cc(Nc2c(C3CC3)nc(N3CCN(C(=O)CCO)[C@H](C(C)C)C3)c(C#N)c2C)ccn1. The van der Waals surface area contributed by atoms with Crippen molar-refractivity contribution in [1.82, 2.24) is 14.9 Å². The number of nitrogens with zero attached hydrogens (tertiary/aromatic N) is 5. The van der Waals surface area contributed by atoms with E-state index >= 15 is 0 Å². The van der Waals surface area contributed by atoms with Crippen molar-refractivity contribution < 1.29 is 9.90 Å². The summed E-state index contributed by atoms with van der Waals surface area (Å²) in [4.78, 5) is 26.0. The van der Waals surface area contributed by atoms with Crippen LogP contribution in [0.15, 0.2) is 24.9 Å². The lowest BCUT2D eigenvalue weighted by atomic mass is 9.97. The van der Waals surface area contributed by atoms with Crippen LogP contribution in [0, 0.1) is 24.2 Å². The number of rotatable bonds is 8. The molecule has 2 aliphatic rings. The molecule has 1 aliphatic heterocycles. The number of hydrogen-bond donors (Lipinski definition) is 2. The Morgan fingerprint density at radius 1 is 1.40 bits per heavy atom. The van der Waals surface area contributed by atoms with Crippen LogP contribution in [-0.2, 0) is 4.79 Å². The van der Waals surface area contributed by atoms with Gasteiger partial charge in [-0.05, 0) is 49.5 Å². The van der Waals surface area contributed by atoms with Gasteiger partial charge in [0.25, 0.3) is 0 Å². The predicted molar refractivity (Wildman–Crippen MR) is 138 cm³/mol. The van der Waals surface area contributed by atoms with Crippen molar-refractivity contribution in [2.45, 2.75) is 52.0 Å². The highest BCUT2D eigenvalue weighted by molar-refractivity contribution is 5.78. The van der Waals surface area contributed by atoms with Gasteiger partial charge >= 0.3 is 0 Å². The summed E-state index contributed by atoms with van der Waals surface area (Å²) in [6.45, 7) is 11.6. The van der Waals surface area contributed by atoms with E-state index in [0.717, 1.165) is 41.2 Å². The first-order valence-corrected chi connectivity index (χ1v) is 12.3. The van der Waals surface area contributed by atoms with Crippen LogP contribution in [0.1, 0.15) is 61.5 Å². The number of aliphatic hydroxyl groups excluding tert-OH is 1. The highest BCUT2D eigenvalue weighted by Crippen LogP contribution is 2.46. The van der Waals surface area contributed by atoms with E-state index in [1.54, 1.807) is 12.3 Å². The maximum Gasteiger partial charge on any atom is 0.225 e. The number of hydrogen-bond acceptors (Lipinski definition) is 7. The van der Waals surface area contributed by atoms with Crippen molar-refractivity contribution in [1.29, 1.82) is 5.26 Å². The Morgan fingerprint density at radius 2 is 2.17 bits per heavy atom. The normalized spacial score (nSPS) is 17.9. The largest absolute Gasteiger partial charge is 0.396 e. The number of nitrogens with one attached hydrogen (secondary N) is 1. The molecule has 1 saturated carbocycles. The van der Waals surface area contributed by atoms with Gasteiger partial charge < -0.3 is 20.2 Å². The molecule has 4 rings (SSSR count). The van der Waals surface area contributed by atoms with Crippen LogP contribution in [0.3, 0.4) is 0 Å². The molecule has 2 N–H and O–H groups in total. The van der Waals surface area contributed by atoms with E-state index in [4.69, 9.17) is 4.98 Å². The number of aromatic nitrogens is 2. The van der Waals surface area contributed by atoms with Crippen molar-refractivity contribution >= 4 is 29.2 Å². The fourth-order valence-corrected chi connectivity index (χ4v) is 4.79. The average Bonchev–Trinajstić information content (AvgIpc) is 3.70. The monoisotopic (exact) mass is 474 g/mol. The summed E-state index contributed by atoms with van der Waals surface area (Å²) in [5.41, 5.74) is 5.00. The van der Waals surface area contributed by atoms with Crippen molar-refractivity contribution in [3.05, 3.63) is 47.4 Å². The van der Waals surface area contributed by atoms with Gasteiger partial charge in [0, 0.05) is 43.9 Å². The molecule has 3 heterocycles. The van der Waals surface area contributed by atoms with Gasteiger partial charge in [0.1, 0.15) is 11.9 Å². The fraction of sp³-hybridized carbons (Fsp3) is 0.481. The van der Waals surface area contributed by atoms with E-state index in [2.05, 4.69) is 41.7 Å². The van der Waals surface area contributed by atoms with Gasteiger partial charge in [0.05, 0.1) is 35.3 Å². The molecule has 8 heteroatoms. The molecule has 1 saturated heterocycles. The van der Waals surface area contributed by atoms with Gasteiger partial charge in [-0.1, -0.05) is 20.4 Å². The molecular formula is C27H34N6O2. The Labute approximate surface area is 207 Å². The molecule has 0 aromatic carbocycles. The van der Waals surface area contributed by atoms with E-state index in [0.29, 0.717) is 36.9 Å². The number of nitriles is 1. The molecule has 184 valence electrons. The van der Waals surface area contributed by atoms with Crippen LogP contribution in [0.2, 0.25) is 0 Å². The number of anilines is 3. The highest BCUT2D eigenvalue weighted by Gasteiger charge is 2.36. The van der Waals surface area contributed by atoms with E-state index in [-0.39, 0.29) is 30.9 Å². The van der Waals surface area contributed by atoms with Crippen LogP contribution in [0.4, 0.5) is 17.2 Å². The molecule has 0 bridgehead atoms. The van der Waals surface area contributed by atoms with Crippen LogP contribution in [0.5, 0.6) is 0 Å². The maximum atomic E-state index is 12.6. The third-order valence-electron chi connectivity index (χ3n) is 6.93. The second-order valence-electron chi connectivity index (χ2n) is 9.70. The Bertz CT molecular complexity index is 1150. The highest BCUT2D eigenvalue weighted by atomic mass is 16.3. The molecule has 1 atom stereocenters. The van der Waals surface area contributed by atoms with Crippen molar-refractivity contribution in [3.63, 3.8) is 0 Å². The van der Waals surface area contributed by atoms with Crippen LogP contribution in [0.25, 0.3) is 6.08 Å². The molecule has 0 spiro atoms. The minimum Gasteiger partial charge on any atom is -0.396 e. The lowest BCUT2D eigenvalue weighted by Gasteiger charge is -2.44. The zero-order valence-electron chi connectivity index (χ0n) is 20.8. The quantitative estimate of drug-likeness (QED) is 0.596. The minimum absolute atomic E-state index is 0.00670. The van der Waals surface area contributed by atoms with Gasteiger partial charge in [-0.3, -0.25) is 9.78 Å². The summed E-state index contributed by atoms with van der Waals surface area (Å²) in [5.74, 6) is 1.29. The smallest absolute Gasteiger partial charge is 0.225 e. The summed E-state index contributed by atoms with van der Waals surface area (Å²) in [6.07, 6.45) is 5.75. The van der Waals surface area contributed by atoms with E-state index in [1.165, 1.54) is 0 Å². The lowest BCUT2D eigenvalue weighted by molar-refractivity contribution is -0.135. The lowest BCUT2D eigenvalue weighted by Crippen LogP contribution is -2.57. The summed E-state index contributed by atoms with van der Waals surface area (Å²) in [5, 5.41) is 22.9. The Morgan fingerprint density at radius 3 is 2.80 bits per heavy atom. The van der Waals surface area contributed by atoms with Gasteiger partial charge in [0.15, 0.2) is 0 Å². The first kappa shape index (κ1) is 24.7. The van der Waals surface area contributed by atoms with Crippen molar-refractivity contribution in [2.75, 3.05) is 36.5 Å². The molecule has 0 unspecified atom stereocenters. The van der Waals surface area contributed by atoms with Crippen LogP contribution in [-0.4, -0.2) is 58.2 Å². The molecule has 0 radical (unpaired) electrons. The molecule has 8 nitrogen and oxygen atoms in total. The van der Waals surface area contributed by atoms with Crippen molar-refractivity contribution in [2.24, 2.45) is 5.92 Å². The topological polar surface area (TPSA) is 105 Å². The fourth-order valence-electron chi connectivity index (χ4n) is 4.79. The standard InChI is InChI=1S/C27H34N6O2/c1-5-20-14-21(8-10-29-20)30-25-18(4)22(15-28)27(31-26(25)19-6-7-19)32-11-12-33(24(35)9-13-34)23(16-32)17(2)3/h5,8,10,14,17,19,23,34H,1,6-7,9,11-13,16H2,2-4H3,(H,29,30)/t23-/m0/s1. The van der Waals surface area contributed by atoms with Crippen LogP contribution >= 0.6 is 0 Å². The predicted octanol–water partition coefficient (Wildman–Crippen LogP) is 3.98. The summed E-state index contributed by atoms with van der Waals surface area (Å²) in [7, 11) is 0. The molecule has 2 fully saturated rings. The third-order valence-corrected chi connectivity index (χ3v) is 6.93. The molecule has 35 heavy (non-hydrogen) atoms. The van der Waals surface area contributed by atoms with Gasteiger partial charge in [0.2, 0.25) is 5.91 Å². The van der Waals surface area contributed by atoms with Gasteiger partial charge in [-0.15, -0.1) is 0 Å². The van der Waals surface area contributed by atoms with Gasteiger partial charge in [-0.2, -0.15) is 5.26 Å². The molecule has 1 aliphatic carbocycles. The first-order chi connectivity index (χ1) is 16.9. The molecular weight excluding hydrogens is 440 g/mol. The Balaban J connectivity index is 1.70. The number of pyridine rings is 2. The number of amides is 1. The van der Waals surface area contributed by atoms with E-state index in [1.807, 2.05) is 24.0 Å². The maximum absolute atomic E-state index is 12.6. The van der Waals surface area contributed by atoms with Crippen LogP contribution < -0.4 is 10.2 Å². The second kappa shape index (κ2) is 10.4. The second-order valence-corrected chi connectivity index (χ2v) is 9.70. The third kappa shape index (κ3) is 5.15. The number of carbonyl (C=O) groups is 1. The Hall–Kier alpha value is -3.44. The first-order valence-electron chi connectivity index (χ1n) is 12.3. The number of carbonyl (C=O) groups excluding carboxylic acids is 1. The van der Waals surface area contributed by atoms with Crippen molar-refractivity contribution in [3.8, 4) is 6.07 Å². The number of piperazine rings is 1. The number of aliphatic hydroxyl groups is 1. The summed E-state index contributed by atoms with van der Waals surface area (Å²) >= 11 is 0. The minimum atomic E-state index is -0.145. The Kier molecular flexibility index (Phi) is 7.37. The van der Waals surface area contributed by atoms with Gasteiger partial charge in [-0.25, -0.2) is 4.98 Å². The molecule has 1 amide bonds. The zero-order chi connectivity index (χ0) is 25.1. The molecule has 2 aromatic heterocycles. The summed E-state index contributed by atoms with van der Waals surface area (Å²) < 4.78 is 0. The zero-order valence-corrected chi connectivity index (χ0v) is 20.8.